The van der Waals surface area contributed by atoms with E-state index in [9.17, 15) is 5.11 Å². The van der Waals surface area contributed by atoms with Crippen molar-refractivity contribution >= 4 is 27.6 Å². The molecular weight excluding hydrogens is 641 g/mol. The summed E-state index contributed by atoms with van der Waals surface area (Å²) in [4.78, 5) is 19.1. The Morgan fingerprint density at radius 2 is 1.94 bits per heavy atom. The van der Waals surface area contributed by atoms with Crippen molar-refractivity contribution in [3.8, 4) is 23.1 Å². The van der Waals surface area contributed by atoms with E-state index < -0.39 is 11.4 Å². The first-order valence-electron chi connectivity index (χ1n) is 18.0. The molecule has 8 rings (SSSR count). The zero-order chi connectivity index (χ0) is 34.8. The molecule has 0 bridgehead atoms. The number of aryl methyl sites for hydroxylation is 1. The van der Waals surface area contributed by atoms with Gasteiger partial charge in [-0.15, -0.1) is 0 Å². The first-order chi connectivity index (χ1) is 24.1. The number of aromatic amines is 1. The summed E-state index contributed by atoms with van der Waals surface area (Å²) in [6.07, 6.45) is 9.75. The highest BCUT2D eigenvalue weighted by Crippen LogP contribution is 2.50. The van der Waals surface area contributed by atoms with Gasteiger partial charge in [0, 0.05) is 42.1 Å². The number of anilines is 1. The van der Waals surface area contributed by atoms with Crippen LogP contribution < -0.4 is 14.4 Å². The summed E-state index contributed by atoms with van der Waals surface area (Å²) in [5.41, 5.74) is 2.26. The lowest BCUT2D eigenvalue weighted by atomic mass is 9.73. The molecule has 3 unspecified atom stereocenters. The van der Waals surface area contributed by atoms with Crippen LogP contribution in [0.4, 0.5) is 10.2 Å². The van der Waals surface area contributed by atoms with Crippen LogP contribution >= 0.6 is 0 Å². The molecule has 2 saturated heterocycles. The van der Waals surface area contributed by atoms with Crippen LogP contribution in [0.25, 0.3) is 33.1 Å². The molecule has 3 atom stereocenters. The lowest BCUT2D eigenvalue weighted by molar-refractivity contribution is -0.0845. The monoisotopic (exact) mass is 689 g/mol. The van der Waals surface area contributed by atoms with Gasteiger partial charge < -0.3 is 29.0 Å². The van der Waals surface area contributed by atoms with Gasteiger partial charge in [-0.25, -0.2) is 9.37 Å². The van der Waals surface area contributed by atoms with E-state index in [-0.39, 0.29) is 41.7 Å². The molecule has 2 N–H and O–H groups in total. The molecule has 268 valence electrons. The number of piperidine rings is 1. The number of methoxy groups -OCH3 is 2. The number of rotatable bonds is 8. The Kier molecular flexibility index (Phi) is 8.60. The number of pyridine rings is 1. The molecule has 0 radical (unpaired) electrons. The van der Waals surface area contributed by atoms with Gasteiger partial charge in [-0.3, -0.25) is 10.00 Å². The summed E-state index contributed by atoms with van der Waals surface area (Å²) in [5.74, 6) is -0.0138. The summed E-state index contributed by atoms with van der Waals surface area (Å²) in [6.45, 7) is 8.38. The summed E-state index contributed by atoms with van der Waals surface area (Å²) in [5, 5.41) is 19.5. The van der Waals surface area contributed by atoms with E-state index in [4.69, 9.17) is 33.9 Å². The van der Waals surface area contributed by atoms with Gasteiger partial charge in [-0.05, 0) is 83.0 Å². The summed E-state index contributed by atoms with van der Waals surface area (Å²) < 4.78 is 41.1. The average molecular weight is 690 g/mol. The van der Waals surface area contributed by atoms with Crippen LogP contribution in [0.5, 0.6) is 11.9 Å². The molecular formula is C37H48FN7O5. The highest BCUT2D eigenvalue weighted by atomic mass is 19.1. The van der Waals surface area contributed by atoms with Crippen LogP contribution in [0.15, 0.2) is 12.3 Å². The van der Waals surface area contributed by atoms with E-state index in [0.717, 1.165) is 73.5 Å². The van der Waals surface area contributed by atoms with Gasteiger partial charge in [0.15, 0.2) is 5.82 Å². The number of H-pyrrole nitrogens is 1. The van der Waals surface area contributed by atoms with Gasteiger partial charge >= 0.3 is 6.01 Å². The third-order valence-electron chi connectivity index (χ3n) is 11.9. The molecule has 3 aromatic heterocycles. The number of nitrogens with one attached hydrogen (secondary N) is 1. The van der Waals surface area contributed by atoms with Crippen molar-refractivity contribution in [2.24, 2.45) is 5.41 Å². The van der Waals surface area contributed by atoms with Crippen molar-refractivity contribution in [1.82, 2.24) is 30.0 Å². The zero-order valence-corrected chi connectivity index (χ0v) is 29.7. The standard InChI is InChI=1S/C37H48FN7O5/c1-21-14-26-25(17-39-43-26)28(22(21)2)31-30(38)32-29(34(40-31)48-5)33(44-12-13-49-19-36(3,46)18-44)42-35(41-32)50-20-37-9-6-8-27(37)45(11-7-10-37)23-15-24(16-23)47-4/h14,17,23-24,27,46H,6-13,15-16,18-20H2,1-5H3,(H,39,43). The maximum Gasteiger partial charge on any atom is 0.319 e. The van der Waals surface area contributed by atoms with Gasteiger partial charge in [-0.1, -0.05) is 6.42 Å². The quantitative estimate of drug-likeness (QED) is 0.256. The van der Waals surface area contributed by atoms with Gasteiger partial charge in [-0.2, -0.15) is 15.1 Å². The largest absolute Gasteiger partial charge is 0.480 e. The molecule has 2 aliphatic heterocycles. The normalized spacial score (nSPS) is 28.9. The summed E-state index contributed by atoms with van der Waals surface area (Å²) >= 11 is 0. The molecule has 2 saturated carbocycles. The number of β-amino-alcohol motifs (C(OH)–C–C–N with tert-alkyl or cyclic N) is 1. The maximum atomic E-state index is 17.2. The Bertz CT molecular complexity index is 1910. The number of hydrogen-bond acceptors (Lipinski definition) is 11. The van der Waals surface area contributed by atoms with Crippen molar-refractivity contribution in [1.29, 1.82) is 0 Å². The lowest BCUT2D eigenvalue weighted by Crippen LogP contribution is -2.59. The second-order valence-electron chi connectivity index (χ2n) is 15.2. The van der Waals surface area contributed by atoms with Crippen LogP contribution in [0.3, 0.4) is 0 Å². The smallest absolute Gasteiger partial charge is 0.319 e. The van der Waals surface area contributed by atoms with E-state index in [0.29, 0.717) is 54.7 Å². The first-order valence-corrected chi connectivity index (χ1v) is 18.0. The van der Waals surface area contributed by atoms with Crippen molar-refractivity contribution in [2.75, 3.05) is 58.6 Å². The number of aliphatic hydroxyl groups is 1. The minimum atomic E-state index is -1.16. The number of benzene rings is 1. The summed E-state index contributed by atoms with van der Waals surface area (Å²) in [6, 6.07) is 3.07. The Morgan fingerprint density at radius 3 is 2.74 bits per heavy atom. The molecule has 1 aromatic carbocycles. The molecule has 4 aromatic rings. The number of fused-ring (bicyclic) bond motifs is 3. The van der Waals surface area contributed by atoms with Crippen LogP contribution in [-0.4, -0.2) is 113 Å². The molecule has 50 heavy (non-hydrogen) atoms. The number of nitrogens with zero attached hydrogens (tertiary/aromatic N) is 6. The topological polar surface area (TPSA) is 131 Å². The number of hydrogen-bond donors (Lipinski definition) is 2. The van der Waals surface area contributed by atoms with E-state index in [1.165, 1.54) is 7.11 Å². The van der Waals surface area contributed by atoms with Crippen LogP contribution in [0, 0.1) is 25.1 Å². The lowest BCUT2D eigenvalue weighted by Gasteiger charge is -2.53. The first kappa shape index (κ1) is 33.5. The zero-order valence-electron chi connectivity index (χ0n) is 29.7. The molecule has 5 heterocycles. The Morgan fingerprint density at radius 1 is 1.12 bits per heavy atom. The molecule has 13 heteroatoms. The molecule has 0 spiro atoms. The Balaban J connectivity index is 1.23. The van der Waals surface area contributed by atoms with Crippen LogP contribution in [0.1, 0.15) is 63.0 Å². The second-order valence-corrected chi connectivity index (χ2v) is 15.2. The number of ether oxygens (including phenoxy) is 4. The molecule has 2 aliphatic carbocycles. The highest BCUT2D eigenvalue weighted by molar-refractivity contribution is 6.01. The van der Waals surface area contributed by atoms with Gasteiger partial charge in [0.1, 0.15) is 28.0 Å². The predicted molar refractivity (Wildman–Crippen MR) is 187 cm³/mol. The molecule has 4 aliphatic rings. The van der Waals surface area contributed by atoms with Crippen LogP contribution in [0.2, 0.25) is 0 Å². The van der Waals surface area contributed by atoms with Gasteiger partial charge in [0.25, 0.3) is 0 Å². The molecule has 12 nitrogen and oxygen atoms in total. The SMILES string of the molecule is COc1nc(-c2c(C)c(C)cc3[nH]ncc23)c(F)c2nc(OCC34CCCC3N(C3CC(OC)C3)CCC4)nc(N3CCOCC(C)(O)C3)c12. The molecule has 4 fully saturated rings. The fraction of sp³-hybridized carbons (Fsp3) is 0.622. The Labute approximate surface area is 291 Å². The number of likely N-dealkylation sites (tertiary alicyclic amines) is 1. The highest BCUT2D eigenvalue weighted by Gasteiger charge is 2.52. The van der Waals surface area contributed by atoms with Crippen molar-refractivity contribution in [2.45, 2.75) is 89.5 Å². The van der Waals surface area contributed by atoms with Gasteiger partial charge in [0.05, 0.1) is 51.3 Å². The third kappa shape index (κ3) is 5.66. The Hall–Kier alpha value is -3.65. The van der Waals surface area contributed by atoms with Gasteiger partial charge in [0.2, 0.25) is 5.88 Å². The van der Waals surface area contributed by atoms with E-state index in [1.54, 1.807) is 20.2 Å². The van der Waals surface area contributed by atoms with E-state index in [1.807, 2.05) is 24.8 Å². The maximum absolute atomic E-state index is 17.2. The predicted octanol–water partition coefficient (Wildman–Crippen LogP) is 5.11. The second kappa shape index (κ2) is 12.8. The van der Waals surface area contributed by atoms with Crippen molar-refractivity contribution in [3.05, 3.63) is 29.2 Å². The molecule has 0 amide bonds. The number of aromatic nitrogens is 5. The van der Waals surface area contributed by atoms with E-state index in [2.05, 4.69) is 15.1 Å². The summed E-state index contributed by atoms with van der Waals surface area (Å²) in [7, 11) is 3.32. The van der Waals surface area contributed by atoms with Crippen molar-refractivity contribution < 1.29 is 28.4 Å². The minimum absolute atomic E-state index is 0.0276. The fourth-order valence-electron chi connectivity index (χ4n) is 9.11. The number of halogens is 1. The van der Waals surface area contributed by atoms with Crippen molar-refractivity contribution in [3.63, 3.8) is 0 Å². The minimum Gasteiger partial charge on any atom is -0.480 e. The van der Waals surface area contributed by atoms with Crippen LogP contribution in [-0.2, 0) is 9.47 Å². The fourth-order valence-corrected chi connectivity index (χ4v) is 9.11. The average Bonchev–Trinajstić information content (AvgIpc) is 3.69. The van der Waals surface area contributed by atoms with E-state index >= 15 is 4.39 Å². The third-order valence-corrected chi connectivity index (χ3v) is 11.9.